The van der Waals surface area contributed by atoms with Gasteiger partial charge >= 0.3 is 0 Å². The van der Waals surface area contributed by atoms with Crippen LogP contribution in [0.1, 0.15) is 27.2 Å². The summed E-state index contributed by atoms with van der Waals surface area (Å²) in [4.78, 5) is 0. The Balaban J connectivity index is 3.94. The Morgan fingerprint density at radius 1 is 1.50 bits per heavy atom. The van der Waals surface area contributed by atoms with Gasteiger partial charge < -0.3 is 9.84 Å². The monoisotopic (exact) mass is 144 g/mol. The third-order valence-corrected chi connectivity index (χ3v) is 1.60. The van der Waals surface area contributed by atoms with Gasteiger partial charge in [-0.05, 0) is 26.3 Å². The van der Waals surface area contributed by atoms with Gasteiger partial charge in [-0.15, -0.1) is 0 Å². The highest BCUT2D eigenvalue weighted by Crippen LogP contribution is 2.15. The Morgan fingerprint density at radius 2 is 2.10 bits per heavy atom. The summed E-state index contributed by atoms with van der Waals surface area (Å²) in [6.07, 6.45) is 3.58. The van der Waals surface area contributed by atoms with E-state index >= 15 is 0 Å². The van der Waals surface area contributed by atoms with E-state index in [9.17, 15) is 0 Å². The number of hydrogen-bond donors (Lipinski definition) is 1. The summed E-state index contributed by atoms with van der Waals surface area (Å²) in [5, 5.41) is 8.50. The van der Waals surface area contributed by atoms with Crippen LogP contribution in [0.2, 0.25) is 0 Å². The Bertz CT molecular complexity index is 110. The van der Waals surface area contributed by atoms with Gasteiger partial charge in [0, 0.05) is 6.61 Å². The molecule has 0 aromatic rings. The minimum absolute atomic E-state index is 0.288. The second-order valence-electron chi connectivity index (χ2n) is 2.41. The van der Waals surface area contributed by atoms with E-state index < -0.39 is 0 Å². The fraction of sp³-hybridized carbons (Fsp3) is 0.750. The van der Waals surface area contributed by atoms with Crippen molar-refractivity contribution in [2.24, 2.45) is 0 Å². The minimum atomic E-state index is -0.288. The zero-order valence-corrected chi connectivity index (χ0v) is 6.92. The highest BCUT2D eigenvalue weighted by molar-refractivity contribution is 4.94. The molecule has 1 atom stereocenters. The molecule has 10 heavy (non-hydrogen) atoms. The maximum Gasteiger partial charge on any atom is 0.0863 e. The third kappa shape index (κ3) is 2.87. The Kier molecular flexibility index (Phi) is 4.12. The largest absolute Gasteiger partial charge is 0.516 e. The SMILES string of the molecule is CCOC(C)(/C=C/O)CC. The second-order valence-corrected chi connectivity index (χ2v) is 2.41. The van der Waals surface area contributed by atoms with Crippen LogP contribution in [0.25, 0.3) is 0 Å². The molecular formula is C8H16O2. The maximum atomic E-state index is 8.50. The summed E-state index contributed by atoms with van der Waals surface area (Å²) in [7, 11) is 0. The molecule has 0 rings (SSSR count). The van der Waals surface area contributed by atoms with Gasteiger partial charge in [-0.2, -0.15) is 0 Å². The van der Waals surface area contributed by atoms with Crippen LogP contribution in [-0.2, 0) is 4.74 Å². The molecule has 0 aromatic heterocycles. The average molecular weight is 144 g/mol. The lowest BCUT2D eigenvalue weighted by Gasteiger charge is -2.23. The molecule has 2 heteroatoms. The van der Waals surface area contributed by atoms with Gasteiger partial charge in [-0.25, -0.2) is 0 Å². The van der Waals surface area contributed by atoms with Crippen molar-refractivity contribution in [3.63, 3.8) is 0 Å². The van der Waals surface area contributed by atoms with Gasteiger partial charge in [0.2, 0.25) is 0 Å². The number of rotatable bonds is 4. The van der Waals surface area contributed by atoms with Gasteiger partial charge in [-0.1, -0.05) is 6.92 Å². The van der Waals surface area contributed by atoms with E-state index in [4.69, 9.17) is 9.84 Å². The van der Waals surface area contributed by atoms with E-state index in [1.807, 2.05) is 20.8 Å². The zero-order valence-electron chi connectivity index (χ0n) is 6.92. The van der Waals surface area contributed by atoms with E-state index in [2.05, 4.69) is 0 Å². The summed E-state index contributed by atoms with van der Waals surface area (Å²) < 4.78 is 5.37. The molecular weight excluding hydrogens is 128 g/mol. The first-order valence-electron chi connectivity index (χ1n) is 3.64. The maximum absolute atomic E-state index is 8.50. The first-order chi connectivity index (χ1) is 4.68. The van der Waals surface area contributed by atoms with Crippen LogP contribution in [0.4, 0.5) is 0 Å². The zero-order chi connectivity index (χ0) is 8.04. The van der Waals surface area contributed by atoms with Crippen LogP contribution < -0.4 is 0 Å². The standard InChI is InChI=1S/C8H16O2/c1-4-8(3,6-7-9)10-5-2/h6-7,9H,4-5H2,1-3H3/b7-6+. The summed E-state index contributed by atoms with van der Waals surface area (Å²) in [6.45, 7) is 6.59. The molecule has 0 spiro atoms. The predicted molar refractivity (Wildman–Crippen MR) is 42.1 cm³/mol. The van der Waals surface area contributed by atoms with E-state index in [0.717, 1.165) is 12.7 Å². The summed E-state index contributed by atoms with van der Waals surface area (Å²) in [5.74, 6) is 0. The van der Waals surface area contributed by atoms with Gasteiger partial charge in [-0.3, -0.25) is 0 Å². The highest BCUT2D eigenvalue weighted by atomic mass is 16.5. The fourth-order valence-corrected chi connectivity index (χ4v) is 0.755. The summed E-state index contributed by atoms with van der Waals surface area (Å²) in [5.41, 5.74) is -0.288. The molecule has 2 nitrogen and oxygen atoms in total. The van der Waals surface area contributed by atoms with Crippen LogP contribution in [0, 0.1) is 0 Å². The van der Waals surface area contributed by atoms with Gasteiger partial charge in [0.25, 0.3) is 0 Å². The van der Waals surface area contributed by atoms with Crippen LogP contribution >= 0.6 is 0 Å². The molecule has 0 saturated carbocycles. The minimum Gasteiger partial charge on any atom is -0.516 e. The molecule has 0 heterocycles. The van der Waals surface area contributed by atoms with Crippen LogP contribution in [0.5, 0.6) is 0 Å². The van der Waals surface area contributed by atoms with E-state index in [1.165, 1.54) is 0 Å². The molecule has 1 N–H and O–H groups in total. The molecule has 0 saturated heterocycles. The first kappa shape index (κ1) is 9.50. The van der Waals surface area contributed by atoms with Crippen molar-refractivity contribution in [3.8, 4) is 0 Å². The first-order valence-corrected chi connectivity index (χ1v) is 3.64. The van der Waals surface area contributed by atoms with Crippen molar-refractivity contribution >= 4 is 0 Å². The lowest BCUT2D eigenvalue weighted by atomic mass is 10.0. The number of aliphatic hydroxyl groups is 1. The topological polar surface area (TPSA) is 29.5 Å². The van der Waals surface area contributed by atoms with Gasteiger partial charge in [0.1, 0.15) is 0 Å². The molecule has 0 aliphatic heterocycles. The highest BCUT2D eigenvalue weighted by Gasteiger charge is 2.17. The van der Waals surface area contributed by atoms with Crippen molar-refractivity contribution in [1.82, 2.24) is 0 Å². The summed E-state index contributed by atoms with van der Waals surface area (Å²) >= 11 is 0. The van der Waals surface area contributed by atoms with Crippen LogP contribution in [0.3, 0.4) is 0 Å². The fourth-order valence-electron chi connectivity index (χ4n) is 0.755. The average Bonchev–Trinajstić information content (AvgIpc) is 1.89. The van der Waals surface area contributed by atoms with E-state index in [1.54, 1.807) is 6.08 Å². The van der Waals surface area contributed by atoms with Crippen molar-refractivity contribution in [2.45, 2.75) is 32.8 Å². The van der Waals surface area contributed by atoms with E-state index in [0.29, 0.717) is 6.61 Å². The van der Waals surface area contributed by atoms with Crippen LogP contribution in [0.15, 0.2) is 12.3 Å². The van der Waals surface area contributed by atoms with E-state index in [-0.39, 0.29) is 5.60 Å². The molecule has 0 aromatic carbocycles. The molecule has 0 amide bonds. The van der Waals surface area contributed by atoms with Crippen molar-refractivity contribution in [2.75, 3.05) is 6.61 Å². The lowest BCUT2D eigenvalue weighted by Crippen LogP contribution is -2.24. The van der Waals surface area contributed by atoms with Gasteiger partial charge in [0.05, 0.1) is 11.9 Å². The lowest BCUT2D eigenvalue weighted by molar-refractivity contribution is 0.00978. The van der Waals surface area contributed by atoms with Crippen molar-refractivity contribution in [3.05, 3.63) is 12.3 Å². The molecule has 60 valence electrons. The molecule has 0 aliphatic rings. The number of aliphatic hydroxyl groups excluding tert-OH is 1. The number of hydrogen-bond acceptors (Lipinski definition) is 2. The van der Waals surface area contributed by atoms with Crippen molar-refractivity contribution in [1.29, 1.82) is 0 Å². The molecule has 0 bridgehead atoms. The normalized spacial score (nSPS) is 17.5. The Morgan fingerprint density at radius 3 is 2.40 bits per heavy atom. The Hall–Kier alpha value is -0.500. The molecule has 0 radical (unpaired) electrons. The predicted octanol–water partition coefficient (Wildman–Crippen LogP) is 2.26. The Labute approximate surface area is 62.5 Å². The molecule has 0 fully saturated rings. The van der Waals surface area contributed by atoms with Crippen molar-refractivity contribution < 1.29 is 9.84 Å². The second kappa shape index (κ2) is 4.34. The number of ether oxygens (including phenoxy) is 1. The smallest absolute Gasteiger partial charge is 0.0863 e. The molecule has 1 unspecified atom stereocenters. The van der Waals surface area contributed by atoms with Crippen LogP contribution in [-0.4, -0.2) is 17.3 Å². The molecule has 0 aliphatic carbocycles. The third-order valence-electron chi connectivity index (χ3n) is 1.60. The van der Waals surface area contributed by atoms with Gasteiger partial charge in [0.15, 0.2) is 0 Å². The quantitative estimate of drug-likeness (QED) is 0.613. The summed E-state index contributed by atoms with van der Waals surface area (Å²) in [6, 6.07) is 0.